The van der Waals surface area contributed by atoms with E-state index in [1.165, 1.54) is 36.8 Å². The monoisotopic (exact) mass is 232 g/mol. The first-order valence-corrected chi connectivity index (χ1v) is 6.72. The van der Waals surface area contributed by atoms with Gasteiger partial charge in [-0.2, -0.15) is 0 Å². The third-order valence-electron chi connectivity index (χ3n) is 4.19. The van der Waals surface area contributed by atoms with Gasteiger partial charge in [-0.05, 0) is 38.2 Å². The van der Waals surface area contributed by atoms with Crippen LogP contribution >= 0.6 is 0 Å². The minimum Gasteiger partial charge on any atom is -0.323 e. The summed E-state index contributed by atoms with van der Waals surface area (Å²) in [5, 5.41) is 3.67. The van der Waals surface area contributed by atoms with Crippen molar-refractivity contribution >= 4 is 0 Å². The molecule has 0 heterocycles. The van der Waals surface area contributed by atoms with Gasteiger partial charge in [-0.3, -0.25) is 0 Å². The first-order valence-electron chi connectivity index (χ1n) is 6.72. The summed E-state index contributed by atoms with van der Waals surface area (Å²) >= 11 is 0. The smallest absolute Gasteiger partial charge is 0.0421 e. The van der Waals surface area contributed by atoms with Crippen LogP contribution in [0.25, 0.3) is 0 Å². The molecule has 0 aromatic heterocycles. The molecule has 1 aromatic rings. The molecule has 2 heteroatoms. The molecule has 3 N–H and O–H groups in total. The Bertz CT molecular complexity index is 346. The van der Waals surface area contributed by atoms with Gasteiger partial charge in [-0.15, -0.1) is 0 Å². The summed E-state index contributed by atoms with van der Waals surface area (Å²) in [4.78, 5) is 0. The van der Waals surface area contributed by atoms with Crippen molar-refractivity contribution < 1.29 is 0 Å². The third kappa shape index (κ3) is 2.88. The van der Waals surface area contributed by atoms with Gasteiger partial charge in [-0.25, -0.2) is 0 Å². The molecule has 2 nitrogen and oxygen atoms in total. The molecule has 2 rings (SSSR count). The van der Waals surface area contributed by atoms with Crippen molar-refractivity contribution in [1.29, 1.82) is 0 Å². The Labute approximate surface area is 105 Å². The summed E-state index contributed by atoms with van der Waals surface area (Å²) in [5.74, 6) is 0. The van der Waals surface area contributed by atoms with E-state index >= 15 is 0 Å². The number of aryl methyl sites for hydroxylation is 1. The molecule has 0 spiro atoms. The predicted octanol–water partition coefficient (Wildman–Crippen LogP) is 2.92. The molecular weight excluding hydrogens is 208 g/mol. The first kappa shape index (κ1) is 12.6. The molecule has 0 radical (unpaired) electrons. The van der Waals surface area contributed by atoms with E-state index in [4.69, 9.17) is 5.73 Å². The molecule has 0 saturated heterocycles. The lowest BCUT2D eigenvalue weighted by Gasteiger charge is -2.43. The van der Waals surface area contributed by atoms with Crippen LogP contribution in [0.4, 0.5) is 0 Å². The van der Waals surface area contributed by atoms with Gasteiger partial charge in [0.15, 0.2) is 0 Å². The number of hydrogen-bond acceptors (Lipinski definition) is 2. The van der Waals surface area contributed by atoms with E-state index in [0.717, 1.165) is 6.54 Å². The Morgan fingerprint density at radius 1 is 1.29 bits per heavy atom. The fraction of sp³-hybridized carbons (Fsp3) is 0.600. The third-order valence-corrected chi connectivity index (χ3v) is 4.19. The van der Waals surface area contributed by atoms with Crippen LogP contribution in [0.3, 0.4) is 0 Å². The second-order valence-electron chi connectivity index (χ2n) is 5.39. The van der Waals surface area contributed by atoms with Crippen LogP contribution in [0, 0.1) is 6.92 Å². The second-order valence-corrected chi connectivity index (χ2v) is 5.39. The zero-order valence-electron chi connectivity index (χ0n) is 11.0. The minimum absolute atomic E-state index is 0.111. The Morgan fingerprint density at radius 2 is 1.94 bits per heavy atom. The Morgan fingerprint density at radius 3 is 2.41 bits per heavy atom. The molecule has 0 bridgehead atoms. The molecule has 1 fully saturated rings. The second kappa shape index (κ2) is 5.19. The molecule has 1 unspecified atom stereocenters. The lowest BCUT2D eigenvalue weighted by molar-refractivity contribution is 0.175. The molecule has 0 amide bonds. The molecule has 1 aliphatic rings. The highest BCUT2D eigenvalue weighted by atomic mass is 15.0. The van der Waals surface area contributed by atoms with Gasteiger partial charge < -0.3 is 11.1 Å². The summed E-state index contributed by atoms with van der Waals surface area (Å²) < 4.78 is 0. The standard InChI is InChI=1S/C15H24N2/c1-3-15(9-4-10-15)17-11-14(16)13-7-5-12(2)6-8-13/h5-8,14,17H,3-4,9-11,16H2,1-2H3. The number of benzene rings is 1. The van der Waals surface area contributed by atoms with Crippen LogP contribution in [-0.2, 0) is 0 Å². The van der Waals surface area contributed by atoms with E-state index < -0.39 is 0 Å². The van der Waals surface area contributed by atoms with Crippen LogP contribution in [0.2, 0.25) is 0 Å². The normalized spacial score (nSPS) is 19.7. The van der Waals surface area contributed by atoms with Crippen LogP contribution < -0.4 is 11.1 Å². The zero-order valence-corrected chi connectivity index (χ0v) is 11.0. The lowest BCUT2D eigenvalue weighted by Crippen LogP contribution is -2.52. The van der Waals surface area contributed by atoms with Crippen molar-refractivity contribution in [1.82, 2.24) is 5.32 Å². The zero-order chi connectivity index (χ0) is 12.3. The van der Waals surface area contributed by atoms with E-state index in [1.54, 1.807) is 0 Å². The highest BCUT2D eigenvalue weighted by molar-refractivity contribution is 5.24. The average Bonchev–Trinajstić information content (AvgIpc) is 2.29. The lowest BCUT2D eigenvalue weighted by atomic mass is 9.74. The summed E-state index contributed by atoms with van der Waals surface area (Å²) in [6, 6.07) is 8.66. The van der Waals surface area contributed by atoms with Gasteiger partial charge in [0.1, 0.15) is 0 Å². The first-order chi connectivity index (χ1) is 8.15. The van der Waals surface area contributed by atoms with Gasteiger partial charge in [0.25, 0.3) is 0 Å². The van der Waals surface area contributed by atoms with Gasteiger partial charge in [0.05, 0.1) is 0 Å². The highest BCUT2D eigenvalue weighted by Gasteiger charge is 2.34. The summed E-state index contributed by atoms with van der Waals surface area (Å²) in [7, 11) is 0. The summed E-state index contributed by atoms with van der Waals surface area (Å²) in [5.41, 5.74) is 9.13. The topological polar surface area (TPSA) is 38.0 Å². The molecule has 1 saturated carbocycles. The Balaban J connectivity index is 1.88. The maximum atomic E-state index is 6.22. The van der Waals surface area contributed by atoms with E-state index in [-0.39, 0.29) is 6.04 Å². The highest BCUT2D eigenvalue weighted by Crippen LogP contribution is 2.34. The number of rotatable bonds is 5. The fourth-order valence-electron chi connectivity index (χ4n) is 2.52. The quantitative estimate of drug-likeness (QED) is 0.819. The Kier molecular flexibility index (Phi) is 3.85. The molecular formula is C15H24N2. The molecule has 1 atom stereocenters. The van der Waals surface area contributed by atoms with E-state index in [9.17, 15) is 0 Å². The summed E-state index contributed by atoms with van der Waals surface area (Å²) in [6.07, 6.45) is 5.20. The van der Waals surface area contributed by atoms with Gasteiger partial charge in [0.2, 0.25) is 0 Å². The fourth-order valence-corrected chi connectivity index (χ4v) is 2.52. The molecule has 1 aromatic carbocycles. The van der Waals surface area contributed by atoms with Crippen LogP contribution in [0.5, 0.6) is 0 Å². The van der Waals surface area contributed by atoms with Crippen LogP contribution in [0.1, 0.15) is 49.8 Å². The van der Waals surface area contributed by atoms with E-state index in [0.29, 0.717) is 5.54 Å². The van der Waals surface area contributed by atoms with E-state index in [1.807, 2.05) is 0 Å². The van der Waals surface area contributed by atoms with E-state index in [2.05, 4.69) is 43.4 Å². The molecule has 94 valence electrons. The maximum absolute atomic E-state index is 6.22. The van der Waals surface area contributed by atoms with Gasteiger partial charge >= 0.3 is 0 Å². The van der Waals surface area contributed by atoms with Crippen molar-refractivity contribution in [2.24, 2.45) is 5.73 Å². The molecule has 17 heavy (non-hydrogen) atoms. The molecule has 0 aliphatic heterocycles. The minimum atomic E-state index is 0.111. The van der Waals surface area contributed by atoms with Gasteiger partial charge in [0, 0.05) is 18.1 Å². The number of nitrogens with two attached hydrogens (primary N) is 1. The average molecular weight is 232 g/mol. The van der Waals surface area contributed by atoms with Gasteiger partial charge in [-0.1, -0.05) is 36.8 Å². The number of hydrogen-bond donors (Lipinski definition) is 2. The number of nitrogens with one attached hydrogen (secondary N) is 1. The van der Waals surface area contributed by atoms with Crippen LogP contribution in [0.15, 0.2) is 24.3 Å². The SMILES string of the molecule is CCC1(NCC(N)c2ccc(C)cc2)CCC1. The maximum Gasteiger partial charge on any atom is 0.0421 e. The van der Waals surface area contributed by atoms with Crippen molar-refractivity contribution in [3.05, 3.63) is 35.4 Å². The predicted molar refractivity (Wildman–Crippen MR) is 73.0 cm³/mol. The molecule has 1 aliphatic carbocycles. The van der Waals surface area contributed by atoms with Crippen molar-refractivity contribution in [2.75, 3.05) is 6.54 Å². The van der Waals surface area contributed by atoms with Crippen molar-refractivity contribution in [3.63, 3.8) is 0 Å². The van der Waals surface area contributed by atoms with Crippen molar-refractivity contribution in [3.8, 4) is 0 Å². The Hall–Kier alpha value is -0.860. The van der Waals surface area contributed by atoms with Crippen molar-refractivity contribution in [2.45, 2.75) is 51.1 Å². The van der Waals surface area contributed by atoms with Crippen LogP contribution in [-0.4, -0.2) is 12.1 Å². The summed E-state index contributed by atoms with van der Waals surface area (Å²) in [6.45, 7) is 5.26. The largest absolute Gasteiger partial charge is 0.323 e.